The lowest BCUT2D eigenvalue weighted by molar-refractivity contribution is 0.544. The molecule has 3 heteroatoms. The summed E-state index contributed by atoms with van der Waals surface area (Å²) >= 11 is 0. The normalized spacial score (nSPS) is 29.2. The minimum Gasteiger partial charge on any atom is -0.368 e. The van der Waals surface area contributed by atoms with E-state index in [-0.39, 0.29) is 5.82 Å². The molecule has 2 nitrogen and oxygen atoms in total. The number of nitrogens with zero attached hydrogens (tertiary/aromatic N) is 1. The molecule has 19 heavy (non-hydrogen) atoms. The number of hydrogen-bond donors (Lipinski definition) is 1. The number of fused-ring (bicyclic) bond motifs is 2. The molecule has 0 amide bonds. The molecular weight excluding hydrogens is 239 g/mol. The van der Waals surface area contributed by atoms with E-state index in [1.54, 1.807) is 6.07 Å². The quantitative estimate of drug-likeness (QED) is 0.895. The van der Waals surface area contributed by atoms with Crippen molar-refractivity contribution in [2.45, 2.75) is 50.7 Å². The van der Waals surface area contributed by atoms with Crippen molar-refractivity contribution in [2.75, 3.05) is 11.4 Å². The zero-order valence-electron chi connectivity index (χ0n) is 11.2. The number of hydrogen-bond acceptors (Lipinski definition) is 2. The number of benzene rings is 1. The van der Waals surface area contributed by atoms with Gasteiger partial charge in [0.2, 0.25) is 0 Å². The molecular formula is C16H21FN2. The van der Waals surface area contributed by atoms with Crippen LogP contribution in [0, 0.1) is 11.7 Å². The van der Waals surface area contributed by atoms with E-state index in [0.29, 0.717) is 18.6 Å². The molecule has 1 aromatic carbocycles. The van der Waals surface area contributed by atoms with Gasteiger partial charge in [0.1, 0.15) is 5.82 Å². The maximum atomic E-state index is 14.1. The van der Waals surface area contributed by atoms with Crippen LogP contribution >= 0.6 is 0 Å². The molecule has 1 aliphatic heterocycles. The zero-order chi connectivity index (χ0) is 12.8. The fourth-order valence-electron chi connectivity index (χ4n) is 3.74. The molecule has 1 aromatic rings. The van der Waals surface area contributed by atoms with Gasteiger partial charge in [-0.25, -0.2) is 4.39 Å². The van der Waals surface area contributed by atoms with Crippen LogP contribution in [0.2, 0.25) is 0 Å². The number of anilines is 1. The van der Waals surface area contributed by atoms with Crippen molar-refractivity contribution in [3.63, 3.8) is 0 Å². The Kier molecular flexibility index (Phi) is 2.76. The van der Waals surface area contributed by atoms with Gasteiger partial charge in [0.15, 0.2) is 0 Å². The summed E-state index contributed by atoms with van der Waals surface area (Å²) in [5.74, 6) is 0.797. The van der Waals surface area contributed by atoms with Crippen LogP contribution in [-0.2, 0) is 6.54 Å². The van der Waals surface area contributed by atoms with E-state index in [0.717, 1.165) is 23.7 Å². The lowest BCUT2D eigenvalue weighted by Crippen LogP contribution is -2.33. The Hall–Kier alpha value is -1.09. The van der Waals surface area contributed by atoms with E-state index in [1.807, 2.05) is 6.07 Å². The van der Waals surface area contributed by atoms with Crippen molar-refractivity contribution in [1.82, 2.24) is 5.32 Å². The van der Waals surface area contributed by atoms with Gasteiger partial charge in [-0.05, 0) is 50.2 Å². The Labute approximate surface area is 114 Å². The highest BCUT2D eigenvalue weighted by atomic mass is 19.1. The molecule has 3 aliphatic rings. The van der Waals surface area contributed by atoms with Crippen LogP contribution < -0.4 is 10.2 Å². The maximum Gasteiger partial charge on any atom is 0.129 e. The average molecular weight is 260 g/mol. The van der Waals surface area contributed by atoms with Gasteiger partial charge < -0.3 is 10.2 Å². The topological polar surface area (TPSA) is 15.3 Å². The number of rotatable bonds is 4. The summed E-state index contributed by atoms with van der Waals surface area (Å²) in [5, 5.41) is 3.45. The van der Waals surface area contributed by atoms with Crippen LogP contribution in [0.5, 0.6) is 0 Å². The summed E-state index contributed by atoms with van der Waals surface area (Å²) in [7, 11) is 0. The van der Waals surface area contributed by atoms with Crippen LogP contribution in [0.1, 0.15) is 37.7 Å². The first-order valence-electron chi connectivity index (χ1n) is 7.58. The van der Waals surface area contributed by atoms with Crippen LogP contribution in [0.4, 0.5) is 10.1 Å². The highest BCUT2D eigenvalue weighted by Crippen LogP contribution is 2.41. The largest absolute Gasteiger partial charge is 0.368 e. The van der Waals surface area contributed by atoms with E-state index < -0.39 is 0 Å². The molecule has 2 unspecified atom stereocenters. The van der Waals surface area contributed by atoms with Gasteiger partial charge in [-0.3, -0.25) is 0 Å². The summed E-state index contributed by atoms with van der Waals surface area (Å²) < 4.78 is 14.1. The minimum absolute atomic E-state index is 0.0478. The molecule has 102 valence electrons. The Bertz CT molecular complexity index is 484. The maximum absolute atomic E-state index is 14.1. The Balaban J connectivity index is 1.60. The van der Waals surface area contributed by atoms with Gasteiger partial charge in [0, 0.05) is 36.4 Å². The molecule has 4 rings (SSSR count). The zero-order valence-corrected chi connectivity index (χ0v) is 11.2. The molecule has 0 spiro atoms. The molecule has 2 bridgehead atoms. The third-order valence-corrected chi connectivity index (χ3v) is 4.96. The first-order valence-corrected chi connectivity index (χ1v) is 7.58. The highest BCUT2D eigenvalue weighted by molar-refractivity contribution is 5.56. The number of piperidine rings is 1. The summed E-state index contributed by atoms with van der Waals surface area (Å²) in [6, 6.07) is 6.85. The van der Waals surface area contributed by atoms with Crippen LogP contribution in [-0.4, -0.2) is 18.6 Å². The van der Waals surface area contributed by atoms with Crippen molar-refractivity contribution < 1.29 is 4.39 Å². The smallest absolute Gasteiger partial charge is 0.129 e. The molecule has 0 aromatic heterocycles. The van der Waals surface area contributed by atoms with Gasteiger partial charge in [0.25, 0.3) is 0 Å². The summed E-state index contributed by atoms with van der Waals surface area (Å²) in [5.41, 5.74) is 2.02. The number of nitrogens with one attached hydrogen (secondary N) is 1. The first-order chi connectivity index (χ1) is 9.31. The SMILES string of the molecule is Fc1cccc(N2CC3CCC2C3)c1CNC1CC1. The van der Waals surface area contributed by atoms with Crippen LogP contribution in [0.3, 0.4) is 0 Å². The second-order valence-corrected chi connectivity index (χ2v) is 6.38. The number of halogens is 1. The first kappa shape index (κ1) is 11.7. The Morgan fingerprint density at radius 1 is 1.21 bits per heavy atom. The van der Waals surface area contributed by atoms with E-state index >= 15 is 0 Å². The molecule has 3 fully saturated rings. The van der Waals surface area contributed by atoms with Crippen molar-refractivity contribution in [3.05, 3.63) is 29.6 Å². The molecule has 0 radical (unpaired) electrons. The van der Waals surface area contributed by atoms with E-state index in [2.05, 4.69) is 16.3 Å². The Morgan fingerprint density at radius 3 is 2.79 bits per heavy atom. The van der Waals surface area contributed by atoms with Gasteiger partial charge in [-0.2, -0.15) is 0 Å². The summed E-state index contributed by atoms with van der Waals surface area (Å²) in [4.78, 5) is 2.46. The van der Waals surface area contributed by atoms with Crippen LogP contribution in [0.25, 0.3) is 0 Å². The third-order valence-electron chi connectivity index (χ3n) is 4.96. The monoisotopic (exact) mass is 260 g/mol. The highest BCUT2D eigenvalue weighted by Gasteiger charge is 2.38. The molecule has 2 aliphatic carbocycles. The van der Waals surface area contributed by atoms with Gasteiger partial charge >= 0.3 is 0 Å². The fraction of sp³-hybridized carbons (Fsp3) is 0.625. The van der Waals surface area contributed by atoms with Crippen molar-refractivity contribution in [2.24, 2.45) is 5.92 Å². The average Bonchev–Trinajstić information content (AvgIpc) is 3.00. The van der Waals surface area contributed by atoms with E-state index in [1.165, 1.54) is 32.1 Å². The fourth-order valence-corrected chi connectivity index (χ4v) is 3.74. The van der Waals surface area contributed by atoms with Gasteiger partial charge in [0.05, 0.1) is 0 Å². The molecule has 1 N–H and O–H groups in total. The predicted octanol–water partition coefficient (Wildman–Crippen LogP) is 3.07. The van der Waals surface area contributed by atoms with Crippen LogP contribution in [0.15, 0.2) is 18.2 Å². The summed E-state index contributed by atoms with van der Waals surface area (Å²) in [6.07, 6.45) is 6.46. The second kappa shape index (κ2) is 4.48. The molecule has 1 saturated heterocycles. The minimum atomic E-state index is -0.0478. The molecule has 2 atom stereocenters. The standard InChI is InChI=1S/C16H21FN2/c17-15-2-1-3-16(14(15)9-18-12-5-6-12)19-10-11-4-7-13(19)8-11/h1-3,11-13,18H,4-10H2. The van der Waals surface area contributed by atoms with E-state index in [9.17, 15) is 4.39 Å². The van der Waals surface area contributed by atoms with Gasteiger partial charge in [-0.15, -0.1) is 0 Å². The molecule has 1 heterocycles. The second-order valence-electron chi connectivity index (χ2n) is 6.38. The Morgan fingerprint density at radius 2 is 2.11 bits per heavy atom. The lowest BCUT2D eigenvalue weighted by atomic mass is 10.1. The van der Waals surface area contributed by atoms with E-state index in [4.69, 9.17) is 0 Å². The summed E-state index contributed by atoms with van der Waals surface area (Å²) in [6.45, 7) is 1.81. The molecule has 2 saturated carbocycles. The van der Waals surface area contributed by atoms with Crippen molar-refractivity contribution in [3.8, 4) is 0 Å². The predicted molar refractivity (Wildman–Crippen MR) is 74.7 cm³/mol. The lowest BCUT2D eigenvalue weighted by Gasteiger charge is -2.31. The van der Waals surface area contributed by atoms with Gasteiger partial charge in [-0.1, -0.05) is 6.07 Å². The van der Waals surface area contributed by atoms with Crippen molar-refractivity contribution in [1.29, 1.82) is 0 Å². The van der Waals surface area contributed by atoms with Crippen molar-refractivity contribution >= 4 is 5.69 Å². The third kappa shape index (κ3) is 2.14.